The van der Waals surface area contributed by atoms with Crippen molar-refractivity contribution in [3.63, 3.8) is 0 Å². The first-order chi connectivity index (χ1) is 12.2. The summed E-state index contributed by atoms with van der Waals surface area (Å²) >= 11 is 0. The van der Waals surface area contributed by atoms with Gasteiger partial charge in [0.15, 0.2) is 0 Å². The van der Waals surface area contributed by atoms with Gasteiger partial charge in [-0.2, -0.15) is 9.67 Å². The van der Waals surface area contributed by atoms with Crippen LogP contribution < -0.4 is 16.4 Å². The summed E-state index contributed by atoms with van der Waals surface area (Å²) in [5, 5.41) is 4.12. The van der Waals surface area contributed by atoms with E-state index in [0.29, 0.717) is 5.95 Å². The summed E-state index contributed by atoms with van der Waals surface area (Å²) in [6, 6.07) is 9.12. The Morgan fingerprint density at radius 2 is 1.48 bits per heavy atom. The van der Waals surface area contributed by atoms with Crippen molar-refractivity contribution in [1.29, 1.82) is 0 Å². The van der Waals surface area contributed by atoms with E-state index in [9.17, 15) is 0 Å². The molecule has 1 aliphatic heterocycles. The lowest BCUT2D eigenvalue weighted by Crippen LogP contribution is -2.50. The molecule has 0 unspecified atom stereocenters. The molecule has 134 valence electrons. The molecule has 2 heterocycles. The predicted molar refractivity (Wildman–Crippen MR) is 101 cm³/mol. The van der Waals surface area contributed by atoms with Crippen molar-refractivity contribution in [2.75, 3.05) is 42.5 Å². The van der Waals surface area contributed by atoms with Gasteiger partial charge < -0.3 is 16.4 Å². The molecule has 1 aromatic heterocycles. The summed E-state index contributed by atoms with van der Waals surface area (Å²) < 4.78 is 1.57. The molecule has 0 bridgehead atoms. The molecule has 25 heavy (non-hydrogen) atoms. The van der Waals surface area contributed by atoms with Crippen LogP contribution in [-0.4, -0.2) is 51.9 Å². The lowest BCUT2D eigenvalue weighted by Gasteiger charge is -2.41. The molecular weight excluding hydrogens is 314 g/mol. The average Bonchev–Trinajstić information content (AvgIpc) is 3.01. The molecule has 7 heteroatoms. The molecule has 1 saturated heterocycles. The van der Waals surface area contributed by atoms with Crippen molar-refractivity contribution in [3.8, 4) is 5.69 Å². The summed E-state index contributed by atoms with van der Waals surface area (Å²) in [5.41, 5.74) is 13.6. The maximum atomic E-state index is 5.83. The maximum absolute atomic E-state index is 5.83. The van der Waals surface area contributed by atoms with Crippen LogP contribution in [0.25, 0.3) is 5.69 Å². The van der Waals surface area contributed by atoms with Gasteiger partial charge in [0.1, 0.15) is 0 Å². The molecular formula is C18H27N7. The van der Waals surface area contributed by atoms with Gasteiger partial charge in [0.2, 0.25) is 11.9 Å². The quantitative estimate of drug-likeness (QED) is 0.886. The second kappa shape index (κ2) is 6.92. The average molecular weight is 341 g/mol. The summed E-state index contributed by atoms with van der Waals surface area (Å²) in [6.07, 6.45) is 7.00. The third-order valence-electron chi connectivity index (χ3n) is 5.51. The van der Waals surface area contributed by atoms with Gasteiger partial charge in [0.05, 0.1) is 5.69 Å². The third kappa shape index (κ3) is 3.42. The highest BCUT2D eigenvalue weighted by Crippen LogP contribution is 2.25. The zero-order chi connectivity index (χ0) is 17.2. The van der Waals surface area contributed by atoms with Gasteiger partial charge in [-0.25, -0.2) is 0 Å². The maximum Gasteiger partial charge on any atom is 0.241 e. The molecule has 1 saturated carbocycles. The fourth-order valence-electron chi connectivity index (χ4n) is 4.13. The van der Waals surface area contributed by atoms with E-state index >= 15 is 0 Å². The molecule has 2 fully saturated rings. The summed E-state index contributed by atoms with van der Waals surface area (Å²) in [7, 11) is 0. The fourth-order valence-corrected chi connectivity index (χ4v) is 4.13. The van der Waals surface area contributed by atoms with Crippen LogP contribution in [0.1, 0.15) is 32.1 Å². The molecule has 0 amide bonds. The zero-order valence-electron chi connectivity index (χ0n) is 14.6. The fraction of sp³-hybridized carbons (Fsp3) is 0.556. The first-order valence-electron chi connectivity index (χ1n) is 9.28. The standard InChI is InChI=1S/C18H27N7/c19-17-21-18(20)25(22-17)16-8-6-15(7-9-16)24-12-10-23(11-13-24)14-4-2-1-3-5-14/h6-9,14H,1-5,10-13H2,(H4,19,20,21,22). The number of nitrogens with zero attached hydrogens (tertiary/aromatic N) is 5. The van der Waals surface area contributed by atoms with E-state index in [1.165, 1.54) is 50.9 Å². The molecule has 4 rings (SSSR count). The van der Waals surface area contributed by atoms with E-state index in [2.05, 4.69) is 32.0 Å². The van der Waals surface area contributed by atoms with Gasteiger partial charge in [0, 0.05) is 37.9 Å². The molecule has 2 aliphatic rings. The number of piperazine rings is 1. The number of rotatable bonds is 3. The summed E-state index contributed by atoms with van der Waals surface area (Å²) in [6.45, 7) is 4.51. The van der Waals surface area contributed by atoms with Gasteiger partial charge in [0.25, 0.3) is 0 Å². The Morgan fingerprint density at radius 1 is 0.840 bits per heavy atom. The Balaban J connectivity index is 1.39. The Morgan fingerprint density at radius 3 is 2.08 bits per heavy atom. The first-order valence-corrected chi connectivity index (χ1v) is 9.28. The molecule has 0 atom stereocenters. The van der Waals surface area contributed by atoms with Gasteiger partial charge in [-0.15, -0.1) is 5.10 Å². The number of benzene rings is 1. The lowest BCUT2D eigenvalue weighted by molar-refractivity contribution is 0.148. The van der Waals surface area contributed by atoms with Crippen molar-refractivity contribution in [2.24, 2.45) is 0 Å². The SMILES string of the molecule is Nc1nc(N)n(-c2ccc(N3CCN(C4CCCCC4)CC3)cc2)n1. The number of nitrogens with two attached hydrogens (primary N) is 2. The molecule has 1 aromatic carbocycles. The highest BCUT2D eigenvalue weighted by atomic mass is 15.4. The van der Waals surface area contributed by atoms with Crippen LogP contribution in [0, 0.1) is 0 Å². The van der Waals surface area contributed by atoms with Gasteiger partial charge in [-0.05, 0) is 37.1 Å². The number of aromatic nitrogens is 3. The van der Waals surface area contributed by atoms with E-state index in [0.717, 1.165) is 24.8 Å². The largest absolute Gasteiger partial charge is 0.369 e. The van der Waals surface area contributed by atoms with Crippen LogP contribution in [0.5, 0.6) is 0 Å². The Labute approximate surface area is 148 Å². The van der Waals surface area contributed by atoms with E-state index in [-0.39, 0.29) is 5.95 Å². The van der Waals surface area contributed by atoms with Crippen LogP contribution in [0.4, 0.5) is 17.6 Å². The van der Waals surface area contributed by atoms with E-state index in [1.807, 2.05) is 12.1 Å². The minimum Gasteiger partial charge on any atom is -0.369 e. The van der Waals surface area contributed by atoms with Gasteiger partial charge in [-0.1, -0.05) is 19.3 Å². The van der Waals surface area contributed by atoms with Crippen LogP contribution in [0.2, 0.25) is 0 Å². The molecule has 7 nitrogen and oxygen atoms in total. The van der Waals surface area contributed by atoms with Crippen LogP contribution in [-0.2, 0) is 0 Å². The Hall–Kier alpha value is -2.28. The summed E-state index contributed by atoms with van der Waals surface area (Å²) in [4.78, 5) is 9.10. The van der Waals surface area contributed by atoms with Crippen molar-refractivity contribution < 1.29 is 0 Å². The highest BCUT2D eigenvalue weighted by molar-refractivity contribution is 5.52. The van der Waals surface area contributed by atoms with Crippen LogP contribution in [0.15, 0.2) is 24.3 Å². The normalized spacial score (nSPS) is 20.1. The molecule has 0 radical (unpaired) electrons. The van der Waals surface area contributed by atoms with Crippen molar-refractivity contribution in [1.82, 2.24) is 19.7 Å². The molecule has 2 aromatic rings. The number of hydrogen-bond acceptors (Lipinski definition) is 6. The second-order valence-corrected chi connectivity index (χ2v) is 7.07. The van der Waals surface area contributed by atoms with Crippen molar-refractivity contribution >= 4 is 17.6 Å². The Bertz CT molecular complexity index is 695. The predicted octanol–water partition coefficient (Wildman–Crippen LogP) is 1.89. The number of nitrogen functional groups attached to an aromatic ring is 2. The van der Waals surface area contributed by atoms with Crippen molar-refractivity contribution in [2.45, 2.75) is 38.1 Å². The van der Waals surface area contributed by atoms with Crippen molar-refractivity contribution in [3.05, 3.63) is 24.3 Å². The van der Waals surface area contributed by atoms with E-state index in [1.54, 1.807) is 4.68 Å². The first kappa shape index (κ1) is 16.2. The monoisotopic (exact) mass is 341 g/mol. The Kier molecular flexibility index (Phi) is 4.48. The minimum atomic E-state index is 0.195. The van der Waals surface area contributed by atoms with E-state index in [4.69, 9.17) is 11.5 Å². The summed E-state index contributed by atoms with van der Waals surface area (Å²) in [5.74, 6) is 0.506. The highest BCUT2D eigenvalue weighted by Gasteiger charge is 2.25. The smallest absolute Gasteiger partial charge is 0.241 e. The topological polar surface area (TPSA) is 89.2 Å². The number of anilines is 3. The van der Waals surface area contributed by atoms with Crippen LogP contribution in [0.3, 0.4) is 0 Å². The van der Waals surface area contributed by atoms with E-state index < -0.39 is 0 Å². The molecule has 4 N–H and O–H groups in total. The molecule has 1 aliphatic carbocycles. The molecule has 0 spiro atoms. The van der Waals surface area contributed by atoms with Gasteiger partial charge in [-0.3, -0.25) is 4.90 Å². The third-order valence-corrected chi connectivity index (χ3v) is 5.51. The lowest BCUT2D eigenvalue weighted by atomic mass is 9.94. The van der Waals surface area contributed by atoms with Gasteiger partial charge >= 0.3 is 0 Å². The minimum absolute atomic E-state index is 0.195. The second-order valence-electron chi connectivity index (χ2n) is 7.07. The zero-order valence-corrected chi connectivity index (χ0v) is 14.6. The number of hydrogen-bond donors (Lipinski definition) is 2. The van der Waals surface area contributed by atoms with Crippen LogP contribution >= 0.6 is 0 Å².